The molecule has 0 aliphatic rings. The first-order valence-corrected chi connectivity index (χ1v) is 7.93. The molecule has 1 N–H and O–H groups in total. The molecule has 0 unspecified atom stereocenters. The van der Waals surface area contributed by atoms with Crippen LogP contribution in [0.15, 0.2) is 77.3 Å². The van der Waals surface area contributed by atoms with E-state index in [4.69, 9.17) is 0 Å². The quantitative estimate of drug-likeness (QED) is 0.438. The number of phenolic OH excluding ortho intramolecular Hbond substituents is 1. The Bertz CT molecular complexity index is 999. The zero-order valence-electron chi connectivity index (χ0n) is 11.8. The molecule has 0 saturated heterocycles. The van der Waals surface area contributed by atoms with Crippen molar-refractivity contribution in [1.29, 1.82) is 0 Å². The lowest BCUT2D eigenvalue weighted by molar-refractivity contribution is 0.478. The average molecular weight is 349 g/mol. The number of rotatable bonds is 1. The topological polar surface area (TPSA) is 20.2 Å². The first-order valence-electron chi connectivity index (χ1n) is 7.13. The Balaban J connectivity index is 2.02. The molecular formula is C20H13BrO. The van der Waals surface area contributed by atoms with Gasteiger partial charge in [0.25, 0.3) is 0 Å². The largest absolute Gasteiger partial charge is 0.507 e. The van der Waals surface area contributed by atoms with Crippen molar-refractivity contribution >= 4 is 37.5 Å². The van der Waals surface area contributed by atoms with Crippen LogP contribution in [0.2, 0.25) is 0 Å². The van der Waals surface area contributed by atoms with E-state index in [-0.39, 0.29) is 0 Å². The number of aromatic hydroxyl groups is 1. The molecule has 4 aromatic carbocycles. The van der Waals surface area contributed by atoms with Crippen LogP contribution in [0.5, 0.6) is 5.75 Å². The van der Waals surface area contributed by atoms with Crippen molar-refractivity contribution in [3.8, 4) is 16.9 Å². The van der Waals surface area contributed by atoms with Gasteiger partial charge in [-0.15, -0.1) is 0 Å². The van der Waals surface area contributed by atoms with Crippen molar-refractivity contribution in [2.75, 3.05) is 0 Å². The Morgan fingerprint density at radius 2 is 1.27 bits per heavy atom. The summed E-state index contributed by atoms with van der Waals surface area (Å²) in [6.45, 7) is 0. The zero-order chi connectivity index (χ0) is 15.1. The fourth-order valence-corrected chi connectivity index (χ4v) is 3.59. The van der Waals surface area contributed by atoms with Gasteiger partial charge in [-0.25, -0.2) is 0 Å². The molecule has 4 rings (SSSR count). The van der Waals surface area contributed by atoms with Crippen LogP contribution >= 0.6 is 15.9 Å². The molecule has 0 aromatic heterocycles. The Morgan fingerprint density at radius 3 is 2.05 bits per heavy atom. The van der Waals surface area contributed by atoms with Crippen LogP contribution in [0, 0.1) is 0 Å². The van der Waals surface area contributed by atoms with Crippen LogP contribution < -0.4 is 0 Å². The third-order valence-corrected chi connectivity index (χ3v) is 4.87. The Morgan fingerprint density at radius 1 is 0.636 bits per heavy atom. The lowest BCUT2D eigenvalue weighted by atomic mass is 9.97. The predicted octanol–water partition coefficient (Wildman–Crippen LogP) is 6.13. The van der Waals surface area contributed by atoms with E-state index in [0.717, 1.165) is 31.8 Å². The molecule has 0 amide bonds. The summed E-state index contributed by atoms with van der Waals surface area (Å²) in [4.78, 5) is 0. The van der Waals surface area contributed by atoms with Gasteiger partial charge in [-0.2, -0.15) is 0 Å². The minimum atomic E-state index is 0.301. The normalized spacial score (nSPS) is 11.1. The second-order valence-corrected chi connectivity index (χ2v) is 6.16. The maximum atomic E-state index is 10.4. The summed E-state index contributed by atoms with van der Waals surface area (Å²) >= 11 is 3.71. The number of benzene rings is 4. The maximum Gasteiger partial charge on any atom is 0.124 e. The standard InChI is InChI=1S/C20H13BrO/c21-20-16-8-4-3-5-13(16)9-10-17(20)18-11-14-6-1-2-7-15(14)12-19(18)22/h1-12,22H. The smallest absolute Gasteiger partial charge is 0.124 e. The number of hydrogen-bond donors (Lipinski definition) is 1. The van der Waals surface area contributed by atoms with E-state index in [9.17, 15) is 5.11 Å². The monoisotopic (exact) mass is 348 g/mol. The maximum absolute atomic E-state index is 10.4. The second kappa shape index (κ2) is 5.15. The van der Waals surface area contributed by atoms with E-state index in [0.29, 0.717) is 5.75 Å². The lowest BCUT2D eigenvalue weighted by Gasteiger charge is -2.11. The van der Waals surface area contributed by atoms with E-state index >= 15 is 0 Å². The van der Waals surface area contributed by atoms with Crippen LogP contribution in [-0.2, 0) is 0 Å². The molecule has 4 aromatic rings. The first-order chi connectivity index (χ1) is 10.7. The molecule has 2 heteroatoms. The van der Waals surface area contributed by atoms with Crippen LogP contribution in [0.25, 0.3) is 32.7 Å². The minimum Gasteiger partial charge on any atom is -0.507 e. The van der Waals surface area contributed by atoms with Gasteiger partial charge in [0, 0.05) is 15.6 Å². The molecule has 22 heavy (non-hydrogen) atoms. The fourth-order valence-electron chi connectivity index (χ4n) is 2.89. The average Bonchev–Trinajstić information content (AvgIpc) is 2.55. The van der Waals surface area contributed by atoms with Gasteiger partial charge in [-0.05, 0) is 49.6 Å². The Hall–Kier alpha value is -2.32. The highest BCUT2D eigenvalue weighted by molar-refractivity contribution is 9.10. The van der Waals surface area contributed by atoms with Crippen molar-refractivity contribution < 1.29 is 5.11 Å². The molecule has 0 aliphatic carbocycles. The minimum absolute atomic E-state index is 0.301. The summed E-state index contributed by atoms with van der Waals surface area (Å²) in [5, 5.41) is 14.9. The fraction of sp³-hybridized carbons (Fsp3) is 0. The number of fused-ring (bicyclic) bond motifs is 2. The van der Waals surface area contributed by atoms with E-state index in [1.54, 1.807) is 0 Å². The van der Waals surface area contributed by atoms with E-state index < -0.39 is 0 Å². The molecule has 0 heterocycles. The van der Waals surface area contributed by atoms with Gasteiger partial charge in [0.15, 0.2) is 0 Å². The summed E-state index contributed by atoms with van der Waals surface area (Å²) in [6.07, 6.45) is 0. The molecule has 0 radical (unpaired) electrons. The highest BCUT2D eigenvalue weighted by Crippen LogP contribution is 2.40. The van der Waals surface area contributed by atoms with Crippen molar-refractivity contribution in [3.63, 3.8) is 0 Å². The van der Waals surface area contributed by atoms with Crippen molar-refractivity contribution in [2.24, 2.45) is 0 Å². The van der Waals surface area contributed by atoms with E-state index in [1.807, 2.05) is 42.5 Å². The van der Waals surface area contributed by atoms with Crippen LogP contribution in [0.4, 0.5) is 0 Å². The summed E-state index contributed by atoms with van der Waals surface area (Å²) in [7, 11) is 0. The SMILES string of the molecule is Oc1cc2ccccc2cc1-c1ccc2ccccc2c1Br. The van der Waals surface area contributed by atoms with Crippen LogP contribution in [0.3, 0.4) is 0 Å². The van der Waals surface area contributed by atoms with Crippen molar-refractivity contribution in [1.82, 2.24) is 0 Å². The molecule has 0 atom stereocenters. The van der Waals surface area contributed by atoms with Gasteiger partial charge < -0.3 is 5.11 Å². The summed E-state index contributed by atoms with van der Waals surface area (Å²) in [5.74, 6) is 0.301. The Kier molecular flexibility index (Phi) is 3.12. The summed E-state index contributed by atoms with van der Waals surface area (Å²) in [5.41, 5.74) is 1.85. The molecule has 0 fully saturated rings. The molecule has 0 aliphatic heterocycles. The van der Waals surface area contributed by atoms with Gasteiger partial charge in [-0.1, -0.05) is 60.7 Å². The van der Waals surface area contributed by atoms with Gasteiger partial charge in [-0.3, -0.25) is 0 Å². The van der Waals surface area contributed by atoms with Gasteiger partial charge in [0.2, 0.25) is 0 Å². The van der Waals surface area contributed by atoms with Gasteiger partial charge >= 0.3 is 0 Å². The van der Waals surface area contributed by atoms with E-state index in [2.05, 4.69) is 46.3 Å². The molecule has 0 saturated carbocycles. The van der Waals surface area contributed by atoms with Crippen molar-refractivity contribution in [3.05, 3.63) is 77.3 Å². The zero-order valence-corrected chi connectivity index (χ0v) is 13.3. The number of phenols is 1. The van der Waals surface area contributed by atoms with Gasteiger partial charge in [0.1, 0.15) is 5.75 Å². The number of halogens is 1. The van der Waals surface area contributed by atoms with Crippen LogP contribution in [-0.4, -0.2) is 5.11 Å². The highest BCUT2D eigenvalue weighted by Gasteiger charge is 2.11. The third kappa shape index (κ3) is 2.08. The number of hydrogen-bond acceptors (Lipinski definition) is 1. The summed E-state index contributed by atoms with van der Waals surface area (Å²) < 4.78 is 1.01. The molecule has 0 spiro atoms. The third-order valence-electron chi connectivity index (χ3n) is 4.02. The Labute approximate surface area is 137 Å². The van der Waals surface area contributed by atoms with Gasteiger partial charge in [0.05, 0.1) is 0 Å². The molecule has 106 valence electrons. The molecule has 1 nitrogen and oxygen atoms in total. The molecular weight excluding hydrogens is 336 g/mol. The summed E-state index contributed by atoms with van der Waals surface area (Å²) in [6, 6.07) is 24.3. The highest BCUT2D eigenvalue weighted by atomic mass is 79.9. The predicted molar refractivity (Wildman–Crippen MR) is 96.3 cm³/mol. The van der Waals surface area contributed by atoms with Crippen molar-refractivity contribution in [2.45, 2.75) is 0 Å². The second-order valence-electron chi connectivity index (χ2n) is 5.36. The lowest BCUT2D eigenvalue weighted by Crippen LogP contribution is -1.84. The first kappa shape index (κ1) is 13.4. The van der Waals surface area contributed by atoms with E-state index in [1.165, 1.54) is 5.39 Å². The molecule has 0 bridgehead atoms. The van der Waals surface area contributed by atoms with Crippen LogP contribution in [0.1, 0.15) is 0 Å².